The van der Waals surface area contributed by atoms with E-state index in [1.165, 1.54) is 6.07 Å². The molecule has 29 heavy (non-hydrogen) atoms. The molecule has 2 unspecified atom stereocenters. The molecule has 4 atom stereocenters. The summed E-state index contributed by atoms with van der Waals surface area (Å²) in [6.07, 6.45) is 4.89. The van der Waals surface area contributed by atoms with Crippen molar-refractivity contribution in [2.75, 3.05) is 18.0 Å². The summed E-state index contributed by atoms with van der Waals surface area (Å²) in [6, 6.07) is 1.19. The van der Waals surface area contributed by atoms with E-state index in [1.807, 2.05) is 9.47 Å². The van der Waals surface area contributed by atoms with E-state index in [9.17, 15) is 13.2 Å². The molecule has 1 saturated carbocycles. The van der Waals surface area contributed by atoms with E-state index in [-0.39, 0.29) is 25.0 Å². The molecular weight excluding hydrogens is 381 g/mol. The summed E-state index contributed by atoms with van der Waals surface area (Å²) in [5.41, 5.74) is 14.5. The van der Waals surface area contributed by atoms with E-state index < -0.39 is 23.8 Å². The van der Waals surface area contributed by atoms with Crippen LogP contribution in [0.25, 0.3) is 11.0 Å². The molecule has 1 aromatic carbocycles. The Labute approximate surface area is 167 Å². The van der Waals surface area contributed by atoms with Crippen LogP contribution in [0, 0.1) is 17.2 Å². The molecule has 9 heteroatoms. The number of piperidine rings is 1. The van der Waals surface area contributed by atoms with Crippen LogP contribution in [0.4, 0.5) is 19.1 Å². The summed E-state index contributed by atoms with van der Waals surface area (Å²) >= 11 is 0. The van der Waals surface area contributed by atoms with Crippen LogP contribution < -0.4 is 10.6 Å². The molecule has 0 radical (unpaired) electrons. The summed E-state index contributed by atoms with van der Waals surface area (Å²) < 4.78 is 43.8. The highest BCUT2D eigenvalue weighted by atomic mass is 19.2. The monoisotopic (exact) mass is 408 g/mol. The molecule has 2 fully saturated rings. The van der Waals surface area contributed by atoms with E-state index in [0.717, 1.165) is 44.6 Å². The van der Waals surface area contributed by atoms with Crippen LogP contribution in [0.3, 0.4) is 0 Å². The standard InChI is InChI=1S/C20H27F3N6/c21-12-7-8-28(11-15(12)24)20-26-17-9-13(22)14(23)10-19(17)29(20)18-6-4-2-1-3-5-16(18)27-25/h9-10,12,15-16,18,25H,1-8,11,24H2/t12-,15-,16?,18?/m1/s1. The maximum atomic E-state index is 14.1. The first kappa shape index (κ1) is 20.1. The maximum Gasteiger partial charge on any atom is 0.206 e. The van der Waals surface area contributed by atoms with Gasteiger partial charge in [0.05, 0.1) is 29.2 Å². The molecule has 1 saturated heterocycles. The lowest BCUT2D eigenvalue weighted by Crippen LogP contribution is -2.50. The van der Waals surface area contributed by atoms with E-state index in [0.29, 0.717) is 23.5 Å². The first-order chi connectivity index (χ1) is 14.0. The quantitative estimate of drug-likeness (QED) is 0.735. The fraction of sp³-hybridized carbons (Fsp3) is 0.650. The summed E-state index contributed by atoms with van der Waals surface area (Å²) in [4.78, 5) is 6.50. The molecule has 2 aromatic rings. The second-order valence-electron chi connectivity index (χ2n) is 8.21. The lowest BCUT2D eigenvalue weighted by atomic mass is 9.92. The topological polar surface area (TPSA) is 83.3 Å². The second-order valence-corrected chi connectivity index (χ2v) is 8.21. The third kappa shape index (κ3) is 3.84. The molecule has 1 aliphatic heterocycles. The predicted octanol–water partition coefficient (Wildman–Crippen LogP) is 4.48. The van der Waals surface area contributed by atoms with E-state index in [1.54, 1.807) is 0 Å². The highest BCUT2D eigenvalue weighted by molar-refractivity contribution is 5.79. The van der Waals surface area contributed by atoms with Crippen molar-refractivity contribution >= 4 is 17.0 Å². The van der Waals surface area contributed by atoms with Crippen molar-refractivity contribution in [3.8, 4) is 0 Å². The molecule has 1 aliphatic carbocycles. The van der Waals surface area contributed by atoms with Crippen molar-refractivity contribution in [1.82, 2.24) is 9.55 Å². The third-order valence-electron chi connectivity index (χ3n) is 6.26. The number of hydrogen-bond donors (Lipinski definition) is 2. The van der Waals surface area contributed by atoms with Gasteiger partial charge in [-0.3, -0.25) is 0 Å². The zero-order valence-corrected chi connectivity index (χ0v) is 16.3. The van der Waals surface area contributed by atoms with Gasteiger partial charge in [-0.2, -0.15) is 5.11 Å². The van der Waals surface area contributed by atoms with Gasteiger partial charge in [0.2, 0.25) is 5.95 Å². The Morgan fingerprint density at radius 3 is 2.52 bits per heavy atom. The lowest BCUT2D eigenvalue weighted by Gasteiger charge is -2.36. The fourth-order valence-corrected chi connectivity index (χ4v) is 4.66. The van der Waals surface area contributed by atoms with Crippen molar-refractivity contribution in [3.63, 3.8) is 0 Å². The normalized spacial score (nSPS) is 28.9. The summed E-state index contributed by atoms with van der Waals surface area (Å²) in [5, 5.41) is 3.88. The number of imidazole rings is 1. The molecule has 2 aliphatic rings. The molecule has 1 aromatic heterocycles. The van der Waals surface area contributed by atoms with Crippen molar-refractivity contribution in [2.24, 2.45) is 10.8 Å². The Balaban J connectivity index is 1.85. The number of nitrogens with one attached hydrogen (secondary N) is 1. The number of aromatic nitrogens is 2. The number of alkyl halides is 1. The number of benzene rings is 1. The summed E-state index contributed by atoms with van der Waals surface area (Å²) in [5.74, 6) is -1.35. The van der Waals surface area contributed by atoms with Gasteiger partial charge in [0.15, 0.2) is 11.6 Å². The molecule has 158 valence electrons. The van der Waals surface area contributed by atoms with Crippen molar-refractivity contribution in [2.45, 2.75) is 69.2 Å². The SMILES string of the molecule is N=NC1CCCCCCC1n1c(N2CC[C@@H](F)[C@H](N)C2)nc2cc(F)c(F)cc21. The van der Waals surface area contributed by atoms with Gasteiger partial charge in [0, 0.05) is 25.2 Å². The van der Waals surface area contributed by atoms with Crippen LogP contribution >= 0.6 is 0 Å². The van der Waals surface area contributed by atoms with E-state index >= 15 is 0 Å². The number of nitrogens with two attached hydrogens (primary N) is 1. The molecule has 0 bridgehead atoms. The number of halogens is 3. The van der Waals surface area contributed by atoms with Gasteiger partial charge in [0.1, 0.15) is 6.17 Å². The van der Waals surface area contributed by atoms with Crippen LogP contribution in [-0.4, -0.2) is 40.9 Å². The van der Waals surface area contributed by atoms with Gasteiger partial charge < -0.3 is 15.2 Å². The first-order valence-corrected chi connectivity index (χ1v) is 10.4. The van der Waals surface area contributed by atoms with Crippen molar-refractivity contribution in [3.05, 3.63) is 23.8 Å². The Kier molecular flexibility index (Phi) is 5.76. The summed E-state index contributed by atoms with van der Waals surface area (Å²) in [6.45, 7) is 0.712. The molecule has 2 heterocycles. The van der Waals surface area contributed by atoms with Crippen LogP contribution in [0.2, 0.25) is 0 Å². The second kappa shape index (κ2) is 8.30. The molecule has 0 spiro atoms. The zero-order valence-electron chi connectivity index (χ0n) is 16.3. The molecule has 4 rings (SSSR count). The Hall–Kier alpha value is -2.16. The fourth-order valence-electron chi connectivity index (χ4n) is 4.66. The Morgan fingerprint density at radius 1 is 1.07 bits per heavy atom. The number of fused-ring (bicyclic) bond motifs is 1. The zero-order chi connectivity index (χ0) is 20.5. The number of nitrogens with zero attached hydrogens (tertiary/aromatic N) is 4. The van der Waals surface area contributed by atoms with Gasteiger partial charge in [-0.1, -0.05) is 25.7 Å². The number of rotatable bonds is 3. The van der Waals surface area contributed by atoms with Crippen LogP contribution in [-0.2, 0) is 0 Å². The highest BCUT2D eigenvalue weighted by Gasteiger charge is 2.33. The lowest BCUT2D eigenvalue weighted by molar-refractivity contribution is 0.241. The van der Waals surface area contributed by atoms with Gasteiger partial charge >= 0.3 is 0 Å². The Morgan fingerprint density at radius 2 is 1.79 bits per heavy atom. The smallest absolute Gasteiger partial charge is 0.206 e. The minimum absolute atomic E-state index is 0.183. The van der Waals surface area contributed by atoms with E-state index in [4.69, 9.17) is 11.3 Å². The van der Waals surface area contributed by atoms with Gasteiger partial charge in [-0.05, 0) is 19.3 Å². The van der Waals surface area contributed by atoms with E-state index in [2.05, 4.69) is 10.1 Å². The van der Waals surface area contributed by atoms with Crippen LogP contribution in [0.1, 0.15) is 51.0 Å². The van der Waals surface area contributed by atoms with Gasteiger partial charge in [0.25, 0.3) is 0 Å². The van der Waals surface area contributed by atoms with Crippen LogP contribution in [0.15, 0.2) is 17.2 Å². The van der Waals surface area contributed by atoms with Gasteiger partial charge in [-0.25, -0.2) is 23.7 Å². The average Bonchev–Trinajstić information content (AvgIpc) is 3.02. The van der Waals surface area contributed by atoms with Crippen molar-refractivity contribution in [1.29, 1.82) is 5.53 Å². The average molecular weight is 408 g/mol. The number of anilines is 1. The van der Waals surface area contributed by atoms with Crippen LogP contribution in [0.5, 0.6) is 0 Å². The minimum Gasteiger partial charge on any atom is -0.340 e. The molecule has 6 nitrogen and oxygen atoms in total. The third-order valence-corrected chi connectivity index (χ3v) is 6.26. The highest BCUT2D eigenvalue weighted by Crippen LogP contribution is 2.37. The minimum atomic E-state index is -1.07. The first-order valence-electron chi connectivity index (χ1n) is 10.4. The molecule has 3 N–H and O–H groups in total. The molecular formula is C20H27F3N6. The molecule has 0 amide bonds. The predicted molar refractivity (Wildman–Crippen MR) is 105 cm³/mol. The largest absolute Gasteiger partial charge is 0.340 e. The Bertz CT molecular complexity index is 885. The van der Waals surface area contributed by atoms with Crippen molar-refractivity contribution < 1.29 is 13.2 Å². The summed E-state index contributed by atoms with van der Waals surface area (Å²) in [7, 11) is 0. The van der Waals surface area contributed by atoms with Gasteiger partial charge in [-0.15, -0.1) is 0 Å². The maximum absolute atomic E-state index is 14.1. The number of hydrogen-bond acceptors (Lipinski definition) is 5.